The third kappa shape index (κ3) is 2.11. The lowest BCUT2D eigenvalue weighted by Crippen LogP contribution is -2.03. The standard InChI is InChI=1S/C15H18N2O2/c1-8(2)4-9(3)15-11-5-10-6-14(18)16-12(10)7-13(11)19-17-15/h5,7-9H,4,6H2,1-3H3,(H,16,18). The average molecular weight is 258 g/mol. The van der Waals surface area contributed by atoms with Crippen LogP contribution in [-0.4, -0.2) is 11.1 Å². The SMILES string of the molecule is CC(C)CC(C)c1noc2cc3c(cc12)CC(=O)N3. The van der Waals surface area contributed by atoms with E-state index in [2.05, 4.69) is 31.2 Å². The van der Waals surface area contributed by atoms with Crippen molar-refractivity contribution in [1.82, 2.24) is 5.16 Å². The second-order valence-corrected chi connectivity index (χ2v) is 5.83. The number of nitrogens with one attached hydrogen (secondary N) is 1. The topological polar surface area (TPSA) is 55.1 Å². The van der Waals surface area contributed by atoms with Crippen LogP contribution >= 0.6 is 0 Å². The number of fused-ring (bicyclic) bond motifs is 2. The summed E-state index contributed by atoms with van der Waals surface area (Å²) in [5.41, 5.74) is 3.66. The number of benzene rings is 1. The Bertz CT molecular complexity index is 643. The first-order valence-corrected chi connectivity index (χ1v) is 6.76. The smallest absolute Gasteiger partial charge is 0.228 e. The molecule has 4 nitrogen and oxygen atoms in total. The molecule has 0 spiro atoms. The zero-order chi connectivity index (χ0) is 13.6. The number of amides is 1. The van der Waals surface area contributed by atoms with Crippen LogP contribution in [0.2, 0.25) is 0 Å². The maximum absolute atomic E-state index is 11.4. The molecule has 100 valence electrons. The van der Waals surface area contributed by atoms with Crippen LogP contribution in [-0.2, 0) is 11.2 Å². The first-order valence-electron chi connectivity index (χ1n) is 6.76. The molecule has 0 fully saturated rings. The van der Waals surface area contributed by atoms with Gasteiger partial charge < -0.3 is 9.84 Å². The summed E-state index contributed by atoms with van der Waals surface area (Å²) < 4.78 is 5.41. The van der Waals surface area contributed by atoms with Crippen molar-refractivity contribution in [2.24, 2.45) is 5.92 Å². The molecule has 2 aromatic rings. The Morgan fingerprint density at radius 1 is 1.37 bits per heavy atom. The average Bonchev–Trinajstić information content (AvgIpc) is 2.85. The summed E-state index contributed by atoms with van der Waals surface area (Å²) >= 11 is 0. The van der Waals surface area contributed by atoms with Gasteiger partial charge in [-0.1, -0.05) is 25.9 Å². The van der Waals surface area contributed by atoms with E-state index in [0.717, 1.165) is 34.3 Å². The molecule has 1 N–H and O–H groups in total. The number of anilines is 1. The van der Waals surface area contributed by atoms with Crippen LogP contribution in [0.1, 0.15) is 44.4 Å². The van der Waals surface area contributed by atoms with Gasteiger partial charge in [0, 0.05) is 23.1 Å². The monoisotopic (exact) mass is 258 g/mol. The minimum Gasteiger partial charge on any atom is -0.356 e. The molecule has 19 heavy (non-hydrogen) atoms. The predicted molar refractivity (Wildman–Crippen MR) is 74.2 cm³/mol. The van der Waals surface area contributed by atoms with Gasteiger partial charge in [-0.05, 0) is 24.0 Å². The maximum atomic E-state index is 11.4. The van der Waals surface area contributed by atoms with E-state index in [-0.39, 0.29) is 5.91 Å². The summed E-state index contributed by atoms with van der Waals surface area (Å²) in [5.74, 6) is 1.04. The lowest BCUT2D eigenvalue weighted by molar-refractivity contribution is -0.115. The molecule has 1 amide bonds. The first kappa shape index (κ1) is 12.2. The molecule has 0 bridgehead atoms. The molecule has 2 heterocycles. The molecule has 3 rings (SSSR count). The summed E-state index contributed by atoms with van der Waals surface area (Å²) in [7, 11) is 0. The minimum absolute atomic E-state index is 0.0485. The minimum atomic E-state index is 0.0485. The molecule has 0 radical (unpaired) electrons. The van der Waals surface area contributed by atoms with Crippen molar-refractivity contribution >= 4 is 22.6 Å². The van der Waals surface area contributed by atoms with E-state index in [9.17, 15) is 4.79 Å². The molecule has 1 aromatic heterocycles. The largest absolute Gasteiger partial charge is 0.356 e. The van der Waals surface area contributed by atoms with Crippen LogP contribution in [0.15, 0.2) is 16.7 Å². The summed E-state index contributed by atoms with van der Waals surface area (Å²) in [6, 6.07) is 3.93. The predicted octanol–water partition coefficient (Wildman–Crippen LogP) is 3.47. The zero-order valence-electron chi connectivity index (χ0n) is 11.5. The molecule has 1 unspecified atom stereocenters. The lowest BCUT2D eigenvalue weighted by atomic mass is 9.93. The maximum Gasteiger partial charge on any atom is 0.228 e. The normalized spacial score (nSPS) is 15.9. The fourth-order valence-corrected chi connectivity index (χ4v) is 2.85. The summed E-state index contributed by atoms with van der Waals surface area (Å²) in [5, 5.41) is 8.10. The van der Waals surface area contributed by atoms with Crippen molar-refractivity contribution in [2.75, 3.05) is 5.32 Å². The van der Waals surface area contributed by atoms with Gasteiger partial charge in [-0.25, -0.2) is 0 Å². The fourth-order valence-electron chi connectivity index (χ4n) is 2.85. The number of carbonyl (C=O) groups excluding carboxylic acids is 1. The van der Waals surface area contributed by atoms with Gasteiger partial charge >= 0.3 is 0 Å². The van der Waals surface area contributed by atoms with E-state index in [1.807, 2.05) is 12.1 Å². The molecule has 1 aromatic carbocycles. The van der Waals surface area contributed by atoms with Crippen LogP contribution in [0.5, 0.6) is 0 Å². The van der Waals surface area contributed by atoms with Crippen molar-refractivity contribution in [3.8, 4) is 0 Å². The van der Waals surface area contributed by atoms with E-state index in [1.54, 1.807) is 0 Å². The summed E-state index contributed by atoms with van der Waals surface area (Å²) in [4.78, 5) is 11.4. The lowest BCUT2D eigenvalue weighted by Gasteiger charge is -2.11. The van der Waals surface area contributed by atoms with Crippen LogP contribution in [0, 0.1) is 5.92 Å². The third-order valence-corrected chi connectivity index (χ3v) is 3.64. The van der Waals surface area contributed by atoms with Crippen LogP contribution in [0.4, 0.5) is 5.69 Å². The Kier molecular flexibility index (Phi) is 2.81. The van der Waals surface area contributed by atoms with E-state index >= 15 is 0 Å². The number of rotatable bonds is 3. The highest BCUT2D eigenvalue weighted by Crippen LogP contribution is 2.34. The zero-order valence-corrected chi connectivity index (χ0v) is 11.5. The Morgan fingerprint density at radius 2 is 2.16 bits per heavy atom. The quantitative estimate of drug-likeness (QED) is 0.917. The third-order valence-electron chi connectivity index (χ3n) is 3.64. The highest BCUT2D eigenvalue weighted by Gasteiger charge is 2.22. The molecule has 0 saturated heterocycles. The Hall–Kier alpha value is -1.84. The van der Waals surface area contributed by atoms with E-state index in [1.165, 1.54) is 0 Å². The number of carbonyl (C=O) groups is 1. The number of nitrogens with zero attached hydrogens (tertiary/aromatic N) is 1. The first-order chi connectivity index (χ1) is 9.04. The second-order valence-electron chi connectivity index (χ2n) is 5.83. The van der Waals surface area contributed by atoms with Gasteiger partial charge in [0.1, 0.15) is 0 Å². The van der Waals surface area contributed by atoms with Crippen molar-refractivity contribution < 1.29 is 9.32 Å². The van der Waals surface area contributed by atoms with E-state index < -0.39 is 0 Å². The van der Waals surface area contributed by atoms with Crippen LogP contribution in [0.25, 0.3) is 11.0 Å². The summed E-state index contributed by atoms with van der Waals surface area (Å²) in [6.07, 6.45) is 1.53. The van der Waals surface area contributed by atoms with Crippen LogP contribution < -0.4 is 5.32 Å². The number of aromatic nitrogens is 1. The number of hydrogen-bond acceptors (Lipinski definition) is 3. The molecule has 4 heteroatoms. The Labute approximate surface area is 112 Å². The van der Waals surface area contributed by atoms with Gasteiger partial charge in [0.25, 0.3) is 0 Å². The molecular formula is C15H18N2O2. The Morgan fingerprint density at radius 3 is 2.89 bits per heavy atom. The highest BCUT2D eigenvalue weighted by atomic mass is 16.5. The molecule has 1 aliphatic rings. The van der Waals surface area contributed by atoms with Crippen molar-refractivity contribution in [1.29, 1.82) is 0 Å². The van der Waals surface area contributed by atoms with Crippen molar-refractivity contribution in [3.05, 3.63) is 23.4 Å². The van der Waals surface area contributed by atoms with Gasteiger partial charge in [0.15, 0.2) is 5.58 Å². The highest BCUT2D eigenvalue weighted by molar-refractivity contribution is 6.02. The van der Waals surface area contributed by atoms with E-state index in [4.69, 9.17) is 4.52 Å². The molecule has 1 atom stereocenters. The van der Waals surface area contributed by atoms with Crippen LogP contribution in [0.3, 0.4) is 0 Å². The fraction of sp³-hybridized carbons (Fsp3) is 0.467. The van der Waals surface area contributed by atoms with E-state index in [0.29, 0.717) is 18.3 Å². The van der Waals surface area contributed by atoms with Crippen molar-refractivity contribution in [3.63, 3.8) is 0 Å². The van der Waals surface area contributed by atoms with Gasteiger partial charge in [0.05, 0.1) is 12.1 Å². The summed E-state index contributed by atoms with van der Waals surface area (Å²) in [6.45, 7) is 6.59. The molecule has 1 aliphatic heterocycles. The Balaban J connectivity index is 2.04. The molecular weight excluding hydrogens is 240 g/mol. The van der Waals surface area contributed by atoms with Gasteiger partial charge in [-0.15, -0.1) is 0 Å². The van der Waals surface area contributed by atoms with Gasteiger partial charge in [-0.2, -0.15) is 0 Å². The number of hydrogen-bond donors (Lipinski definition) is 1. The molecule has 0 aliphatic carbocycles. The van der Waals surface area contributed by atoms with Gasteiger partial charge in [0.2, 0.25) is 5.91 Å². The second kappa shape index (κ2) is 4.37. The van der Waals surface area contributed by atoms with Crippen molar-refractivity contribution in [2.45, 2.75) is 39.5 Å². The molecule has 0 saturated carbocycles. The van der Waals surface area contributed by atoms with Gasteiger partial charge in [-0.3, -0.25) is 4.79 Å².